The minimum atomic E-state index is -5.08. The number of hydrogen-bond acceptors (Lipinski definition) is 8. The van der Waals surface area contributed by atoms with E-state index in [1.54, 1.807) is 12.3 Å². The van der Waals surface area contributed by atoms with E-state index in [9.17, 15) is 18.0 Å². The second-order valence-corrected chi connectivity index (χ2v) is 8.26. The number of amides is 1. The molecule has 0 unspecified atom stereocenters. The molecule has 0 aromatic carbocycles. The number of carboxylic acids is 1. The molecule has 2 aliphatic heterocycles. The summed E-state index contributed by atoms with van der Waals surface area (Å²) in [5.74, 6) is -1.62. The first-order valence-corrected chi connectivity index (χ1v) is 11.3. The fourth-order valence-electron chi connectivity index (χ4n) is 4.01. The number of fused-ring (bicyclic) bond motifs is 1. The zero-order valence-electron chi connectivity index (χ0n) is 19.1. The molecule has 192 valence electrons. The van der Waals surface area contributed by atoms with Gasteiger partial charge in [0, 0.05) is 32.1 Å². The lowest BCUT2D eigenvalue weighted by Crippen LogP contribution is -2.38. The maximum absolute atomic E-state index is 12.6. The number of halogens is 3. The van der Waals surface area contributed by atoms with Crippen molar-refractivity contribution >= 4 is 23.2 Å². The van der Waals surface area contributed by atoms with Crippen molar-refractivity contribution in [1.29, 1.82) is 0 Å². The molecule has 11 nitrogen and oxygen atoms in total. The summed E-state index contributed by atoms with van der Waals surface area (Å²) in [6.07, 6.45) is 1.75. The SMILES string of the molecule is O=C(O)C(F)(F)F.O=C(c1ccnnc1)N1CCC(c2nc3ccc(N4CCOCC4)cn3n2)CC1. The van der Waals surface area contributed by atoms with Crippen LogP contribution in [0.2, 0.25) is 0 Å². The lowest BCUT2D eigenvalue weighted by molar-refractivity contribution is -0.192. The summed E-state index contributed by atoms with van der Waals surface area (Å²) in [7, 11) is 0. The fraction of sp³-hybridized carbons (Fsp3) is 0.455. The molecule has 3 aromatic rings. The van der Waals surface area contributed by atoms with Crippen molar-refractivity contribution in [2.45, 2.75) is 24.9 Å². The van der Waals surface area contributed by atoms with Gasteiger partial charge >= 0.3 is 12.1 Å². The number of likely N-dealkylation sites (tertiary alicyclic amines) is 1. The number of carbonyl (C=O) groups is 2. The van der Waals surface area contributed by atoms with Crippen LogP contribution in [-0.2, 0) is 9.53 Å². The Morgan fingerprint density at radius 3 is 2.33 bits per heavy atom. The second-order valence-electron chi connectivity index (χ2n) is 8.26. The molecule has 0 spiro atoms. The van der Waals surface area contributed by atoms with Gasteiger partial charge in [0.05, 0.1) is 43.1 Å². The zero-order chi connectivity index (χ0) is 25.7. The van der Waals surface area contributed by atoms with Gasteiger partial charge in [-0.2, -0.15) is 28.5 Å². The van der Waals surface area contributed by atoms with Gasteiger partial charge in [0.1, 0.15) is 0 Å². The van der Waals surface area contributed by atoms with Crippen LogP contribution < -0.4 is 4.90 Å². The number of aromatic nitrogens is 5. The minimum absolute atomic E-state index is 0.0106. The smallest absolute Gasteiger partial charge is 0.475 e. The zero-order valence-corrected chi connectivity index (χ0v) is 19.1. The highest BCUT2D eigenvalue weighted by Crippen LogP contribution is 2.27. The monoisotopic (exact) mass is 507 g/mol. The average Bonchev–Trinajstić information content (AvgIpc) is 3.33. The highest BCUT2D eigenvalue weighted by atomic mass is 19.4. The van der Waals surface area contributed by atoms with E-state index in [1.165, 1.54) is 6.20 Å². The maximum Gasteiger partial charge on any atom is 0.490 e. The number of aliphatic carboxylic acids is 1. The van der Waals surface area contributed by atoms with Crippen LogP contribution in [0.15, 0.2) is 36.8 Å². The van der Waals surface area contributed by atoms with Crippen molar-refractivity contribution in [1.82, 2.24) is 29.7 Å². The van der Waals surface area contributed by atoms with Crippen LogP contribution in [-0.4, -0.2) is 92.2 Å². The van der Waals surface area contributed by atoms with E-state index < -0.39 is 12.1 Å². The lowest BCUT2D eigenvalue weighted by atomic mass is 9.96. The van der Waals surface area contributed by atoms with Crippen LogP contribution in [0.1, 0.15) is 34.9 Å². The van der Waals surface area contributed by atoms with Gasteiger partial charge in [-0.15, -0.1) is 0 Å². The van der Waals surface area contributed by atoms with E-state index in [2.05, 4.69) is 21.2 Å². The van der Waals surface area contributed by atoms with Crippen LogP contribution in [0.4, 0.5) is 18.9 Å². The summed E-state index contributed by atoms with van der Waals surface area (Å²) in [5, 5.41) is 19.4. The van der Waals surface area contributed by atoms with Crippen LogP contribution in [0, 0.1) is 0 Å². The number of carboxylic acid groups (broad SMARTS) is 1. The first-order chi connectivity index (χ1) is 17.2. The van der Waals surface area contributed by atoms with Crippen molar-refractivity contribution in [3.05, 3.63) is 48.2 Å². The van der Waals surface area contributed by atoms with Gasteiger partial charge < -0.3 is 19.6 Å². The molecule has 0 radical (unpaired) electrons. The number of nitrogens with zero attached hydrogens (tertiary/aromatic N) is 7. The van der Waals surface area contributed by atoms with E-state index in [-0.39, 0.29) is 11.8 Å². The van der Waals surface area contributed by atoms with Crippen LogP contribution in [0.25, 0.3) is 5.65 Å². The van der Waals surface area contributed by atoms with Crippen molar-refractivity contribution in [3.8, 4) is 0 Å². The summed E-state index contributed by atoms with van der Waals surface area (Å²) < 4.78 is 39.0. The van der Waals surface area contributed by atoms with E-state index in [0.29, 0.717) is 18.7 Å². The molecule has 0 atom stereocenters. The van der Waals surface area contributed by atoms with E-state index in [4.69, 9.17) is 24.7 Å². The summed E-state index contributed by atoms with van der Waals surface area (Å²) in [5.41, 5.74) is 2.59. The predicted molar refractivity (Wildman–Crippen MR) is 120 cm³/mol. The standard InChI is InChI=1S/C20H23N7O2.C2HF3O2/c28-20(16-3-6-21-22-13-16)26-7-4-15(5-8-26)19-23-18-2-1-17(14-27(18)24-19)25-9-11-29-12-10-25;3-2(4,5)1(6)7/h1-3,6,13-15H,4-5,7-12H2;(H,6,7). The third-order valence-electron chi connectivity index (χ3n) is 5.93. The summed E-state index contributed by atoms with van der Waals surface area (Å²) >= 11 is 0. The van der Waals surface area contributed by atoms with Gasteiger partial charge in [0.15, 0.2) is 11.5 Å². The molecule has 0 bridgehead atoms. The molecular formula is C22H24F3N7O4. The molecule has 2 saturated heterocycles. The number of hydrogen-bond donors (Lipinski definition) is 1. The molecule has 0 saturated carbocycles. The first-order valence-electron chi connectivity index (χ1n) is 11.3. The normalized spacial score (nSPS) is 17.0. The molecule has 1 amide bonds. The van der Waals surface area contributed by atoms with Crippen LogP contribution in [0.5, 0.6) is 0 Å². The third-order valence-corrected chi connectivity index (χ3v) is 5.93. The number of anilines is 1. The fourth-order valence-corrected chi connectivity index (χ4v) is 4.01. The number of ether oxygens (including phenoxy) is 1. The number of alkyl halides is 3. The maximum atomic E-state index is 12.6. The molecule has 2 fully saturated rings. The summed E-state index contributed by atoms with van der Waals surface area (Å²) in [6.45, 7) is 4.70. The molecule has 0 aliphatic carbocycles. The number of piperidine rings is 1. The number of morpholine rings is 1. The van der Waals surface area contributed by atoms with E-state index in [0.717, 1.165) is 56.3 Å². The molecule has 2 aliphatic rings. The molecule has 3 aromatic heterocycles. The Labute approximate surface area is 203 Å². The quantitative estimate of drug-likeness (QED) is 0.567. The third kappa shape index (κ3) is 6.05. The van der Waals surface area contributed by atoms with Gasteiger partial charge in [-0.25, -0.2) is 14.3 Å². The highest BCUT2D eigenvalue weighted by Gasteiger charge is 2.38. The number of carbonyl (C=O) groups excluding carboxylic acids is 1. The Balaban J connectivity index is 0.000000384. The van der Waals surface area contributed by atoms with Gasteiger partial charge in [-0.05, 0) is 31.0 Å². The van der Waals surface area contributed by atoms with E-state index >= 15 is 0 Å². The second kappa shape index (κ2) is 10.8. The number of pyridine rings is 1. The molecule has 5 rings (SSSR count). The van der Waals surface area contributed by atoms with Crippen LogP contribution >= 0.6 is 0 Å². The van der Waals surface area contributed by atoms with Crippen molar-refractivity contribution in [2.75, 3.05) is 44.3 Å². The van der Waals surface area contributed by atoms with Gasteiger partial charge in [-0.1, -0.05) is 0 Å². The summed E-state index contributed by atoms with van der Waals surface area (Å²) in [4.78, 5) is 30.4. The molecule has 14 heteroatoms. The van der Waals surface area contributed by atoms with Gasteiger partial charge in [-0.3, -0.25) is 4.79 Å². The Hall–Kier alpha value is -3.81. The summed E-state index contributed by atoms with van der Waals surface area (Å²) in [6, 6.07) is 5.83. The Kier molecular flexibility index (Phi) is 7.62. The van der Waals surface area contributed by atoms with Gasteiger partial charge in [0.25, 0.3) is 5.91 Å². The molecular weight excluding hydrogens is 483 g/mol. The largest absolute Gasteiger partial charge is 0.490 e. The van der Waals surface area contributed by atoms with Gasteiger partial charge in [0.2, 0.25) is 0 Å². The molecule has 36 heavy (non-hydrogen) atoms. The van der Waals surface area contributed by atoms with Crippen molar-refractivity contribution < 1.29 is 32.6 Å². The highest BCUT2D eigenvalue weighted by molar-refractivity contribution is 5.93. The Bertz CT molecular complexity index is 1190. The topological polar surface area (TPSA) is 126 Å². The minimum Gasteiger partial charge on any atom is -0.475 e. The average molecular weight is 507 g/mol. The lowest BCUT2D eigenvalue weighted by Gasteiger charge is -2.30. The first kappa shape index (κ1) is 25.3. The Morgan fingerprint density at radius 2 is 1.72 bits per heavy atom. The molecule has 1 N–H and O–H groups in total. The molecule has 5 heterocycles. The van der Waals surface area contributed by atoms with Crippen LogP contribution in [0.3, 0.4) is 0 Å². The van der Waals surface area contributed by atoms with Crippen molar-refractivity contribution in [3.63, 3.8) is 0 Å². The Morgan fingerprint density at radius 1 is 1.03 bits per heavy atom. The van der Waals surface area contributed by atoms with Crippen molar-refractivity contribution in [2.24, 2.45) is 0 Å². The predicted octanol–water partition coefficient (Wildman–Crippen LogP) is 2.01. The van der Waals surface area contributed by atoms with E-state index in [1.807, 2.05) is 21.7 Å². The number of rotatable bonds is 3.